The van der Waals surface area contributed by atoms with Gasteiger partial charge in [-0.05, 0) is 37.0 Å². The Morgan fingerprint density at radius 2 is 2.04 bits per heavy atom. The van der Waals surface area contributed by atoms with E-state index in [-0.39, 0.29) is 30.4 Å². The quantitative estimate of drug-likeness (QED) is 0.751. The Bertz CT molecular complexity index is 635. The lowest BCUT2D eigenvalue weighted by atomic mass is 10.1. The fourth-order valence-corrected chi connectivity index (χ4v) is 3.34. The molecule has 7 heteroatoms. The molecule has 0 aliphatic carbocycles. The van der Waals surface area contributed by atoms with Gasteiger partial charge in [0.1, 0.15) is 6.04 Å². The number of nitrogens with zero attached hydrogens (tertiary/aromatic N) is 1. The smallest absolute Gasteiger partial charge is 0.319 e. The summed E-state index contributed by atoms with van der Waals surface area (Å²) in [5.74, 6) is -0.246. The van der Waals surface area contributed by atoms with Gasteiger partial charge in [-0.3, -0.25) is 9.59 Å². The van der Waals surface area contributed by atoms with Crippen LogP contribution in [0.5, 0.6) is 0 Å². The van der Waals surface area contributed by atoms with Gasteiger partial charge in [-0.2, -0.15) is 0 Å². The molecule has 4 amide bonds. The molecule has 2 saturated heterocycles. The molecule has 2 aliphatic rings. The monoisotopic (exact) mass is 344 g/mol. The van der Waals surface area contributed by atoms with Crippen LogP contribution in [0.15, 0.2) is 24.3 Å². The van der Waals surface area contributed by atoms with Crippen molar-refractivity contribution >= 4 is 23.5 Å². The van der Waals surface area contributed by atoms with Crippen molar-refractivity contribution in [3.05, 3.63) is 29.8 Å². The molecule has 3 N–H and O–H groups in total. The molecule has 2 aliphatic heterocycles. The van der Waals surface area contributed by atoms with Crippen LogP contribution >= 0.6 is 0 Å². The Labute approximate surface area is 147 Å². The zero-order valence-electron chi connectivity index (χ0n) is 14.4. The number of carbonyl (C=O) groups excluding carboxylic acids is 3. The van der Waals surface area contributed by atoms with Crippen LogP contribution in [0.25, 0.3) is 0 Å². The van der Waals surface area contributed by atoms with Gasteiger partial charge in [-0.15, -0.1) is 0 Å². The second kappa shape index (κ2) is 7.55. The van der Waals surface area contributed by atoms with Gasteiger partial charge in [-0.25, -0.2) is 4.79 Å². The molecule has 7 nitrogen and oxygen atoms in total. The number of aryl methyl sites for hydroxylation is 1. The Balaban J connectivity index is 1.51. The van der Waals surface area contributed by atoms with Gasteiger partial charge in [-0.1, -0.05) is 25.5 Å². The van der Waals surface area contributed by atoms with Gasteiger partial charge in [0.2, 0.25) is 11.8 Å². The Hall–Kier alpha value is -2.57. The lowest BCUT2D eigenvalue weighted by Crippen LogP contribution is -2.55. The number of urea groups is 1. The first-order valence-corrected chi connectivity index (χ1v) is 8.80. The van der Waals surface area contributed by atoms with Gasteiger partial charge in [0.05, 0.1) is 12.6 Å². The number of nitrogens with one attached hydrogen (secondary N) is 3. The van der Waals surface area contributed by atoms with Crippen molar-refractivity contribution in [2.45, 2.75) is 44.7 Å². The first-order valence-electron chi connectivity index (χ1n) is 8.80. The van der Waals surface area contributed by atoms with E-state index in [0.29, 0.717) is 13.0 Å². The van der Waals surface area contributed by atoms with Crippen LogP contribution in [0.2, 0.25) is 0 Å². The Kier molecular flexibility index (Phi) is 5.21. The van der Waals surface area contributed by atoms with Crippen LogP contribution in [0.3, 0.4) is 0 Å². The summed E-state index contributed by atoms with van der Waals surface area (Å²) >= 11 is 0. The second-order valence-electron chi connectivity index (χ2n) is 6.61. The third kappa shape index (κ3) is 4.10. The molecule has 2 heterocycles. The zero-order chi connectivity index (χ0) is 17.8. The number of unbranched alkanes of at least 4 members (excludes halogenated alkanes) is 1. The fraction of sp³-hybridized carbons (Fsp3) is 0.500. The van der Waals surface area contributed by atoms with Crippen molar-refractivity contribution in [1.82, 2.24) is 15.5 Å². The standard InChI is InChI=1S/C18H24N4O3/c1-2-3-4-12-5-7-13(8-6-12)20-18(25)21-14-9-15-17(24)19-10-16(23)22(15)11-14/h5-8,14-15H,2-4,9-11H2,1H3,(H,19,24)(H2,20,21,25)/t14-,15+/m1/s1. The molecule has 0 spiro atoms. The molecule has 134 valence electrons. The van der Waals surface area contributed by atoms with E-state index in [0.717, 1.165) is 24.9 Å². The van der Waals surface area contributed by atoms with E-state index in [4.69, 9.17) is 0 Å². The largest absolute Gasteiger partial charge is 0.345 e. The van der Waals surface area contributed by atoms with Crippen LogP contribution in [-0.2, 0) is 16.0 Å². The van der Waals surface area contributed by atoms with Gasteiger partial charge in [0.25, 0.3) is 0 Å². The second-order valence-corrected chi connectivity index (χ2v) is 6.61. The Morgan fingerprint density at radius 1 is 1.28 bits per heavy atom. The molecule has 2 fully saturated rings. The van der Waals surface area contributed by atoms with Crippen molar-refractivity contribution in [2.24, 2.45) is 0 Å². The molecule has 0 radical (unpaired) electrons. The summed E-state index contributed by atoms with van der Waals surface area (Å²) in [6.45, 7) is 2.58. The van der Waals surface area contributed by atoms with Crippen molar-refractivity contribution in [3.8, 4) is 0 Å². The predicted octanol–water partition coefficient (Wildman–Crippen LogP) is 1.25. The summed E-state index contributed by atoms with van der Waals surface area (Å²) in [4.78, 5) is 37.4. The van der Waals surface area contributed by atoms with E-state index >= 15 is 0 Å². The maximum Gasteiger partial charge on any atom is 0.319 e. The molecule has 0 saturated carbocycles. The van der Waals surface area contributed by atoms with Crippen LogP contribution in [0.1, 0.15) is 31.7 Å². The van der Waals surface area contributed by atoms with Crippen molar-refractivity contribution in [2.75, 3.05) is 18.4 Å². The SMILES string of the molecule is CCCCc1ccc(NC(=O)N[C@@H]2C[C@H]3C(=O)NCC(=O)N3C2)cc1. The molecule has 1 aromatic rings. The number of rotatable bonds is 5. The Morgan fingerprint density at radius 3 is 2.72 bits per heavy atom. The highest BCUT2D eigenvalue weighted by Crippen LogP contribution is 2.21. The number of hydrogen-bond donors (Lipinski definition) is 3. The topological polar surface area (TPSA) is 90.5 Å². The van der Waals surface area contributed by atoms with Gasteiger partial charge in [0.15, 0.2) is 0 Å². The summed E-state index contributed by atoms with van der Waals surface area (Å²) in [6, 6.07) is 6.80. The average Bonchev–Trinajstić information content (AvgIpc) is 3.02. The molecule has 0 unspecified atom stereocenters. The molecule has 3 rings (SSSR count). The van der Waals surface area contributed by atoms with Crippen molar-refractivity contribution in [1.29, 1.82) is 0 Å². The maximum absolute atomic E-state index is 12.2. The van der Waals surface area contributed by atoms with E-state index in [2.05, 4.69) is 22.9 Å². The van der Waals surface area contributed by atoms with Crippen molar-refractivity contribution < 1.29 is 14.4 Å². The average molecular weight is 344 g/mol. The van der Waals surface area contributed by atoms with Crippen LogP contribution in [0.4, 0.5) is 10.5 Å². The number of hydrogen-bond acceptors (Lipinski definition) is 3. The molecule has 0 aromatic heterocycles. The van der Waals surface area contributed by atoms with E-state index in [1.54, 1.807) is 4.90 Å². The summed E-state index contributed by atoms with van der Waals surface area (Å²) in [6.07, 6.45) is 3.79. The van der Waals surface area contributed by atoms with Crippen LogP contribution in [0, 0.1) is 0 Å². The van der Waals surface area contributed by atoms with E-state index in [9.17, 15) is 14.4 Å². The minimum atomic E-state index is -0.468. The lowest BCUT2D eigenvalue weighted by Gasteiger charge is -2.28. The molecule has 1 aromatic carbocycles. The summed E-state index contributed by atoms with van der Waals surface area (Å²) < 4.78 is 0. The van der Waals surface area contributed by atoms with Gasteiger partial charge >= 0.3 is 6.03 Å². The number of benzene rings is 1. The van der Waals surface area contributed by atoms with Crippen molar-refractivity contribution in [3.63, 3.8) is 0 Å². The number of anilines is 1. The van der Waals surface area contributed by atoms with E-state index in [1.807, 2.05) is 24.3 Å². The zero-order valence-corrected chi connectivity index (χ0v) is 14.4. The fourth-order valence-electron chi connectivity index (χ4n) is 3.34. The number of amides is 4. The van der Waals surface area contributed by atoms with Crippen LogP contribution in [-0.4, -0.2) is 47.9 Å². The number of carbonyl (C=O) groups is 3. The third-order valence-electron chi connectivity index (χ3n) is 4.70. The summed E-state index contributed by atoms with van der Waals surface area (Å²) in [5, 5.41) is 8.23. The minimum absolute atomic E-state index is 0.0403. The predicted molar refractivity (Wildman–Crippen MR) is 94.1 cm³/mol. The molecular weight excluding hydrogens is 320 g/mol. The minimum Gasteiger partial charge on any atom is -0.345 e. The summed E-state index contributed by atoms with van der Waals surface area (Å²) in [7, 11) is 0. The molecule has 0 bridgehead atoms. The highest BCUT2D eigenvalue weighted by Gasteiger charge is 2.42. The number of fused-ring (bicyclic) bond motifs is 1. The highest BCUT2D eigenvalue weighted by molar-refractivity contribution is 5.96. The lowest BCUT2D eigenvalue weighted by molar-refractivity contribution is -0.143. The molecule has 2 atom stereocenters. The van der Waals surface area contributed by atoms with E-state index in [1.165, 1.54) is 5.56 Å². The van der Waals surface area contributed by atoms with E-state index < -0.39 is 6.04 Å². The summed E-state index contributed by atoms with van der Waals surface area (Å²) in [5.41, 5.74) is 1.98. The van der Waals surface area contributed by atoms with Gasteiger partial charge in [0, 0.05) is 12.2 Å². The normalized spacial score (nSPS) is 22.4. The van der Waals surface area contributed by atoms with Crippen LogP contribution < -0.4 is 16.0 Å². The third-order valence-corrected chi connectivity index (χ3v) is 4.70. The molecule has 25 heavy (non-hydrogen) atoms. The highest BCUT2D eigenvalue weighted by atomic mass is 16.2. The molecular formula is C18H24N4O3. The first kappa shape index (κ1) is 17.3. The van der Waals surface area contributed by atoms with Gasteiger partial charge < -0.3 is 20.9 Å². The maximum atomic E-state index is 12.2. The number of piperazine rings is 1. The first-order chi connectivity index (χ1) is 12.1.